The number of likely N-dealkylation sites (tertiary alicyclic amines) is 2. The monoisotopic (exact) mass is 335 g/mol. The van der Waals surface area contributed by atoms with E-state index in [2.05, 4.69) is 6.07 Å². The molecule has 1 amide bonds. The summed E-state index contributed by atoms with van der Waals surface area (Å²) in [4.78, 5) is 15.8. The summed E-state index contributed by atoms with van der Waals surface area (Å²) >= 11 is 6.13. The maximum Gasteiger partial charge on any atom is 0.222 e. The summed E-state index contributed by atoms with van der Waals surface area (Å²) in [6.45, 7) is 2.09. The number of nitrogens with zero attached hydrogens (tertiary/aromatic N) is 3. The lowest BCUT2D eigenvalue weighted by Gasteiger charge is -2.39. The fraction of sp³-hybridized carbons (Fsp3) is 0.529. The van der Waals surface area contributed by atoms with Crippen LogP contribution in [0, 0.1) is 17.1 Å². The van der Waals surface area contributed by atoms with Crippen molar-refractivity contribution in [2.24, 2.45) is 0 Å². The molecular weight excluding hydrogens is 317 g/mol. The van der Waals surface area contributed by atoms with E-state index < -0.39 is 11.9 Å². The first kappa shape index (κ1) is 16.2. The molecule has 0 unspecified atom stereocenters. The van der Waals surface area contributed by atoms with E-state index in [1.165, 1.54) is 12.1 Å². The standard InChI is InChI=1S/C17H19ClFN3O/c18-13-5-1-6-14(19)17(13)15(10-20)21-8-2-4-12(11-21)22-9-3-7-16(22)23/h1,5-6,12,15H,2-4,7-9,11H2/t12-,15-/m0/s1. The topological polar surface area (TPSA) is 47.3 Å². The van der Waals surface area contributed by atoms with E-state index >= 15 is 0 Å². The molecule has 0 aromatic heterocycles. The van der Waals surface area contributed by atoms with Gasteiger partial charge in [0.15, 0.2) is 0 Å². The Bertz CT molecular complexity index is 625. The van der Waals surface area contributed by atoms with E-state index in [0.29, 0.717) is 19.5 Å². The van der Waals surface area contributed by atoms with Gasteiger partial charge in [-0.2, -0.15) is 5.26 Å². The van der Waals surface area contributed by atoms with Crippen LogP contribution in [0.3, 0.4) is 0 Å². The van der Waals surface area contributed by atoms with Crippen LogP contribution in [-0.2, 0) is 4.79 Å². The Hall–Kier alpha value is -1.64. The predicted octanol–water partition coefficient (Wildman–Crippen LogP) is 3.13. The van der Waals surface area contributed by atoms with Crippen LogP contribution in [0.5, 0.6) is 0 Å². The number of hydrogen-bond acceptors (Lipinski definition) is 3. The third-order valence-corrected chi connectivity index (χ3v) is 5.07. The SMILES string of the molecule is N#C[C@@H](c1c(F)cccc1Cl)N1CCC[C@H](N2CCCC2=O)C1. The molecule has 2 atom stereocenters. The molecule has 0 aliphatic carbocycles. The van der Waals surface area contributed by atoms with Gasteiger partial charge in [-0.25, -0.2) is 4.39 Å². The van der Waals surface area contributed by atoms with E-state index in [-0.39, 0.29) is 22.5 Å². The lowest BCUT2D eigenvalue weighted by Crippen LogP contribution is -2.49. The molecule has 4 nitrogen and oxygen atoms in total. The van der Waals surface area contributed by atoms with Gasteiger partial charge < -0.3 is 4.90 Å². The second kappa shape index (κ2) is 6.86. The van der Waals surface area contributed by atoms with Crippen LogP contribution in [0.15, 0.2) is 18.2 Å². The molecule has 0 N–H and O–H groups in total. The number of benzene rings is 1. The van der Waals surface area contributed by atoms with Crippen molar-refractivity contribution in [2.45, 2.75) is 37.8 Å². The van der Waals surface area contributed by atoms with Gasteiger partial charge in [0.25, 0.3) is 0 Å². The molecule has 2 aliphatic heterocycles. The lowest BCUT2D eigenvalue weighted by molar-refractivity contribution is -0.130. The summed E-state index contributed by atoms with van der Waals surface area (Å²) in [5.74, 6) is -0.266. The summed E-state index contributed by atoms with van der Waals surface area (Å²) < 4.78 is 14.2. The molecule has 23 heavy (non-hydrogen) atoms. The Morgan fingerprint density at radius 3 is 2.83 bits per heavy atom. The van der Waals surface area contributed by atoms with Gasteiger partial charge in [0.1, 0.15) is 11.9 Å². The molecule has 0 radical (unpaired) electrons. The molecule has 122 valence electrons. The van der Waals surface area contributed by atoms with Gasteiger partial charge in [0.2, 0.25) is 5.91 Å². The van der Waals surface area contributed by atoms with Crippen molar-refractivity contribution in [1.82, 2.24) is 9.80 Å². The van der Waals surface area contributed by atoms with Crippen LogP contribution < -0.4 is 0 Å². The minimum absolute atomic E-state index is 0.111. The Morgan fingerprint density at radius 1 is 1.35 bits per heavy atom. The van der Waals surface area contributed by atoms with Gasteiger partial charge in [-0.05, 0) is 37.9 Å². The molecular formula is C17H19ClFN3O. The Morgan fingerprint density at radius 2 is 2.17 bits per heavy atom. The van der Waals surface area contributed by atoms with E-state index in [1.807, 2.05) is 9.80 Å². The first-order valence-electron chi connectivity index (χ1n) is 7.99. The molecule has 0 saturated carbocycles. The van der Waals surface area contributed by atoms with Crippen molar-refractivity contribution in [3.63, 3.8) is 0 Å². The van der Waals surface area contributed by atoms with Gasteiger partial charge in [-0.1, -0.05) is 17.7 Å². The number of nitriles is 1. The van der Waals surface area contributed by atoms with E-state index in [4.69, 9.17) is 11.6 Å². The molecule has 6 heteroatoms. The van der Waals surface area contributed by atoms with Gasteiger partial charge in [0.05, 0.1) is 6.07 Å². The van der Waals surface area contributed by atoms with Crippen LogP contribution in [0.1, 0.15) is 37.3 Å². The Balaban J connectivity index is 1.82. The number of carbonyl (C=O) groups excluding carboxylic acids is 1. The minimum atomic E-state index is -0.718. The highest BCUT2D eigenvalue weighted by molar-refractivity contribution is 6.31. The van der Waals surface area contributed by atoms with Gasteiger partial charge in [-0.15, -0.1) is 0 Å². The molecule has 2 heterocycles. The first-order chi connectivity index (χ1) is 11.1. The molecule has 1 aromatic rings. The number of carbonyl (C=O) groups is 1. The fourth-order valence-electron chi connectivity index (χ4n) is 3.63. The highest BCUT2D eigenvalue weighted by Crippen LogP contribution is 2.32. The predicted molar refractivity (Wildman–Crippen MR) is 85.3 cm³/mol. The van der Waals surface area contributed by atoms with Crippen molar-refractivity contribution in [2.75, 3.05) is 19.6 Å². The van der Waals surface area contributed by atoms with Gasteiger partial charge >= 0.3 is 0 Å². The molecule has 2 aliphatic rings. The maximum atomic E-state index is 14.2. The van der Waals surface area contributed by atoms with E-state index in [9.17, 15) is 14.4 Å². The zero-order valence-electron chi connectivity index (χ0n) is 12.8. The average molecular weight is 336 g/mol. The zero-order valence-corrected chi connectivity index (χ0v) is 13.6. The zero-order chi connectivity index (χ0) is 16.4. The summed E-state index contributed by atoms with van der Waals surface area (Å²) in [7, 11) is 0. The third kappa shape index (κ3) is 3.19. The average Bonchev–Trinajstić information content (AvgIpc) is 2.97. The summed E-state index contributed by atoms with van der Waals surface area (Å²) in [6.07, 6.45) is 3.33. The molecule has 0 spiro atoms. The molecule has 2 fully saturated rings. The Labute approximate surface area is 140 Å². The number of amides is 1. The number of rotatable bonds is 3. The van der Waals surface area contributed by atoms with Crippen molar-refractivity contribution in [1.29, 1.82) is 5.26 Å². The molecule has 3 rings (SSSR count). The first-order valence-corrected chi connectivity index (χ1v) is 8.36. The molecule has 1 aromatic carbocycles. The van der Waals surface area contributed by atoms with Gasteiger partial charge in [0, 0.05) is 36.1 Å². The summed E-state index contributed by atoms with van der Waals surface area (Å²) in [5.41, 5.74) is 0.241. The normalized spacial score (nSPS) is 23.8. The van der Waals surface area contributed by atoms with Crippen molar-refractivity contribution >= 4 is 17.5 Å². The number of hydrogen-bond donors (Lipinski definition) is 0. The lowest BCUT2D eigenvalue weighted by atomic mass is 9.99. The quantitative estimate of drug-likeness (QED) is 0.852. The van der Waals surface area contributed by atoms with Crippen LogP contribution in [0.2, 0.25) is 5.02 Å². The van der Waals surface area contributed by atoms with Crippen LogP contribution in [0.25, 0.3) is 0 Å². The third-order valence-electron chi connectivity index (χ3n) is 4.74. The minimum Gasteiger partial charge on any atom is -0.338 e. The Kier molecular flexibility index (Phi) is 4.84. The van der Waals surface area contributed by atoms with Crippen LogP contribution in [-0.4, -0.2) is 41.4 Å². The maximum absolute atomic E-state index is 14.2. The van der Waals surface area contributed by atoms with Gasteiger partial charge in [-0.3, -0.25) is 9.69 Å². The second-order valence-corrected chi connectivity index (χ2v) is 6.56. The molecule has 2 saturated heterocycles. The second-order valence-electron chi connectivity index (χ2n) is 6.15. The highest BCUT2D eigenvalue weighted by Gasteiger charge is 2.35. The summed E-state index contributed by atoms with van der Waals surface area (Å²) in [5, 5.41) is 9.86. The van der Waals surface area contributed by atoms with Crippen molar-refractivity contribution in [3.05, 3.63) is 34.6 Å². The highest BCUT2D eigenvalue weighted by atomic mass is 35.5. The van der Waals surface area contributed by atoms with E-state index in [0.717, 1.165) is 25.8 Å². The smallest absolute Gasteiger partial charge is 0.222 e. The van der Waals surface area contributed by atoms with Crippen molar-refractivity contribution < 1.29 is 9.18 Å². The number of halogens is 2. The van der Waals surface area contributed by atoms with Crippen molar-refractivity contribution in [3.8, 4) is 6.07 Å². The fourth-order valence-corrected chi connectivity index (χ4v) is 3.89. The van der Waals surface area contributed by atoms with E-state index in [1.54, 1.807) is 6.07 Å². The number of piperidine rings is 1. The molecule has 0 bridgehead atoms. The summed E-state index contributed by atoms with van der Waals surface area (Å²) in [6, 6.07) is 6.06. The largest absolute Gasteiger partial charge is 0.338 e. The van der Waals surface area contributed by atoms with Crippen LogP contribution >= 0.6 is 11.6 Å². The van der Waals surface area contributed by atoms with Crippen LogP contribution in [0.4, 0.5) is 4.39 Å².